The number of methoxy groups -OCH3 is 1. The molecule has 1 atom stereocenters. The molecule has 1 aliphatic rings. The number of aliphatic hydroxyl groups is 1. The van der Waals surface area contributed by atoms with Crippen LogP contribution in [0.1, 0.15) is 22.3 Å². The molecule has 1 saturated heterocycles. The molecule has 1 aromatic carbocycles. The van der Waals surface area contributed by atoms with Crippen molar-refractivity contribution in [1.82, 2.24) is 10.8 Å². The van der Waals surface area contributed by atoms with Gasteiger partial charge in [0.15, 0.2) is 9.84 Å². The van der Waals surface area contributed by atoms with Crippen molar-refractivity contribution in [3.8, 4) is 11.8 Å². The van der Waals surface area contributed by atoms with Gasteiger partial charge < -0.3 is 15.2 Å². The molecule has 1 aliphatic heterocycles. The van der Waals surface area contributed by atoms with Crippen LogP contribution in [0.3, 0.4) is 0 Å². The Hall–Kier alpha value is -2.45. The fourth-order valence-electron chi connectivity index (χ4n) is 2.74. The molecular formula is C17H20N2O7S. The third-order valence-electron chi connectivity index (χ3n) is 4.13. The van der Waals surface area contributed by atoms with E-state index in [1.807, 2.05) is 0 Å². The van der Waals surface area contributed by atoms with Crippen molar-refractivity contribution >= 4 is 21.7 Å². The summed E-state index contributed by atoms with van der Waals surface area (Å²) in [6.45, 7) is -0.0429. The summed E-state index contributed by atoms with van der Waals surface area (Å²) in [5.41, 5.74) is 0.837. The summed E-state index contributed by atoms with van der Waals surface area (Å²) in [5, 5.41) is 20.1. The predicted molar refractivity (Wildman–Crippen MR) is 94.6 cm³/mol. The van der Waals surface area contributed by atoms with E-state index in [0.29, 0.717) is 12.0 Å². The van der Waals surface area contributed by atoms with Crippen LogP contribution in [-0.4, -0.2) is 67.4 Å². The topological polar surface area (TPSA) is 142 Å². The van der Waals surface area contributed by atoms with Crippen LogP contribution in [0, 0.1) is 11.8 Å². The number of hydroxylamine groups is 1. The van der Waals surface area contributed by atoms with Gasteiger partial charge in [-0.2, -0.15) is 0 Å². The van der Waals surface area contributed by atoms with E-state index in [0.717, 1.165) is 0 Å². The summed E-state index contributed by atoms with van der Waals surface area (Å²) in [7, 11) is -2.14. The van der Waals surface area contributed by atoms with Crippen molar-refractivity contribution < 1.29 is 33.1 Å². The first-order valence-electron chi connectivity index (χ1n) is 7.97. The Bertz CT molecular complexity index is 857. The number of carbonyl (C=O) groups excluding carboxylic acids is 2. The second-order valence-electron chi connectivity index (χ2n) is 6.04. The molecule has 2 amide bonds. The van der Waals surface area contributed by atoms with Gasteiger partial charge in [-0.25, -0.2) is 13.9 Å². The average molecular weight is 396 g/mol. The maximum absolute atomic E-state index is 12.5. The summed E-state index contributed by atoms with van der Waals surface area (Å²) >= 11 is 0. The van der Waals surface area contributed by atoms with Gasteiger partial charge in [-0.1, -0.05) is 11.8 Å². The number of nitrogens with one attached hydrogen (secondary N) is 2. The van der Waals surface area contributed by atoms with Gasteiger partial charge in [-0.3, -0.25) is 14.8 Å². The largest absolute Gasteiger partial charge is 0.395 e. The van der Waals surface area contributed by atoms with E-state index in [9.17, 15) is 18.0 Å². The van der Waals surface area contributed by atoms with Crippen LogP contribution in [0.2, 0.25) is 0 Å². The lowest BCUT2D eigenvalue weighted by Crippen LogP contribution is -2.71. The Kier molecular flexibility index (Phi) is 6.56. The zero-order chi connectivity index (χ0) is 20.1. The lowest BCUT2D eigenvalue weighted by Gasteiger charge is -2.44. The SMILES string of the molecule is COC1([C@@H](NC(=O)c2ccc(C#CCCO)cc2)C(=O)NO)CS(=O)(=O)C1. The molecule has 9 nitrogen and oxygen atoms in total. The molecule has 0 unspecified atom stereocenters. The van der Waals surface area contributed by atoms with E-state index in [2.05, 4.69) is 17.2 Å². The standard InChI is InChI=1S/C17H20N2O7S/c1-26-17(10-27(24,25)11-17)14(16(22)19-23)18-15(21)13-7-5-12(6-8-13)4-2-3-9-20/h5-8,14,20,23H,3,9-11H2,1H3,(H,18,21)(H,19,22)/t14-/m0/s1. The summed E-state index contributed by atoms with van der Waals surface area (Å²) in [6.07, 6.45) is 0.336. The van der Waals surface area contributed by atoms with Gasteiger partial charge in [0.25, 0.3) is 11.8 Å². The molecule has 1 heterocycles. The molecule has 0 aliphatic carbocycles. The van der Waals surface area contributed by atoms with Crippen molar-refractivity contribution in [2.24, 2.45) is 0 Å². The Morgan fingerprint density at radius 3 is 2.41 bits per heavy atom. The molecule has 10 heteroatoms. The molecule has 146 valence electrons. The number of ether oxygens (including phenoxy) is 1. The zero-order valence-corrected chi connectivity index (χ0v) is 15.4. The van der Waals surface area contributed by atoms with Crippen molar-refractivity contribution in [3.63, 3.8) is 0 Å². The maximum Gasteiger partial charge on any atom is 0.268 e. The highest BCUT2D eigenvalue weighted by Gasteiger charge is 2.57. The second kappa shape index (κ2) is 8.49. The number of sulfone groups is 1. The molecule has 0 saturated carbocycles. The minimum Gasteiger partial charge on any atom is -0.395 e. The molecule has 1 fully saturated rings. The number of hydrogen-bond acceptors (Lipinski definition) is 7. The Morgan fingerprint density at radius 1 is 1.30 bits per heavy atom. The number of rotatable bonds is 6. The molecule has 2 rings (SSSR count). The van der Waals surface area contributed by atoms with Crippen LogP contribution >= 0.6 is 0 Å². The van der Waals surface area contributed by atoms with E-state index in [1.165, 1.54) is 24.7 Å². The van der Waals surface area contributed by atoms with E-state index in [1.54, 1.807) is 12.1 Å². The highest BCUT2D eigenvalue weighted by Crippen LogP contribution is 2.31. The molecule has 4 N–H and O–H groups in total. The molecule has 1 aromatic rings. The van der Waals surface area contributed by atoms with Crippen LogP contribution in [-0.2, 0) is 19.4 Å². The number of aliphatic hydroxyl groups excluding tert-OH is 1. The molecule has 27 heavy (non-hydrogen) atoms. The summed E-state index contributed by atoms with van der Waals surface area (Å²) in [6, 6.07) is 4.78. The quantitative estimate of drug-likeness (QED) is 0.270. The van der Waals surface area contributed by atoms with Crippen molar-refractivity contribution in [3.05, 3.63) is 35.4 Å². The second-order valence-corrected chi connectivity index (χ2v) is 8.10. The van der Waals surface area contributed by atoms with Crippen LogP contribution in [0.4, 0.5) is 0 Å². The summed E-state index contributed by atoms with van der Waals surface area (Å²) in [4.78, 5) is 24.5. The van der Waals surface area contributed by atoms with Gasteiger partial charge in [-0.15, -0.1) is 0 Å². The fraction of sp³-hybridized carbons (Fsp3) is 0.412. The summed E-state index contributed by atoms with van der Waals surface area (Å²) < 4.78 is 28.3. The Morgan fingerprint density at radius 2 is 1.93 bits per heavy atom. The summed E-state index contributed by atoms with van der Waals surface area (Å²) in [5.74, 6) is 3.05. The predicted octanol–water partition coefficient (Wildman–Crippen LogP) is -1.16. The van der Waals surface area contributed by atoms with E-state index >= 15 is 0 Å². The van der Waals surface area contributed by atoms with Gasteiger partial charge >= 0.3 is 0 Å². The number of amides is 2. The van der Waals surface area contributed by atoms with E-state index in [4.69, 9.17) is 15.1 Å². The number of benzene rings is 1. The van der Waals surface area contributed by atoms with E-state index in [-0.39, 0.29) is 12.2 Å². The van der Waals surface area contributed by atoms with Gasteiger partial charge in [0.1, 0.15) is 11.6 Å². The first kappa shape index (κ1) is 20.9. The molecule has 0 aromatic heterocycles. The van der Waals surface area contributed by atoms with Crippen LogP contribution < -0.4 is 10.8 Å². The fourth-order valence-corrected chi connectivity index (χ4v) is 4.72. The number of hydrogen-bond donors (Lipinski definition) is 4. The van der Waals surface area contributed by atoms with Gasteiger partial charge in [0, 0.05) is 24.7 Å². The smallest absolute Gasteiger partial charge is 0.268 e. The van der Waals surface area contributed by atoms with Crippen molar-refractivity contribution in [1.29, 1.82) is 0 Å². The lowest BCUT2D eigenvalue weighted by atomic mass is 9.95. The first-order chi connectivity index (χ1) is 12.8. The third kappa shape index (κ3) is 4.84. The zero-order valence-electron chi connectivity index (χ0n) is 14.6. The third-order valence-corrected chi connectivity index (χ3v) is 5.98. The van der Waals surface area contributed by atoms with Gasteiger partial charge in [0.05, 0.1) is 18.1 Å². The molecule has 0 spiro atoms. The minimum absolute atomic E-state index is 0.0429. The molecule has 0 bridgehead atoms. The highest BCUT2D eigenvalue weighted by atomic mass is 32.2. The maximum atomic E-state index is 12.5. The van der Waals surface area contributed by atoms with Crippen molar-refractivity contribution in [2.45, 2.75) is 18.1 Å². The highest BCUT2D eigenvalue weighted by molar-refractivity contribution is 7.93. The first-order valence-corrected chi connectivity index (χ1v) is 9.79. The molecule has 0 radical (unpaired) electrons. The van der Waals surface area contributed by atoms with Crippen LogP contribution in [0.25, 0.3) is 0 Å². The van der Waals surface area contributed by atoms with E-state index < -0.39 is 44.8 Å². The lowest BCUT2D eigenvalue weighted by molar-refractivity contribution is -0.138. The van der Waals surface area contributed by atoms with Gasteiger partial charge in [0.2, 0.25) is 0 Å². The average Bonchev–Trinajstić information content (AvgIpc) is 2.63. The normalized spacial score (nSPS) is 17.6. The molecular weight excluding hydrogens is 376 g/mol. The minimum atomic E-state index is -3.38. The Labute approximate surface area is 156 Å². The van der Waals surface area contributed by atoms with Crippen molar-refractivity contribution in [2.75, 3.05) is 25.2 Å². The van der Waals surface area contributed by atoms with Gasteiger partial charge in [-0.05, 0) is 24.3 Å². The number of carbonyl (C=O) groups is 2. The van der Waals surface area contributed by atoms with Crippen LogP contribution in [0.15, 0.2) is 24.3 Å². The Balaban J connectivity index is 2.17. The van der Waals surface area contributed by atoms with Crippen LogP contribution in [0.5, 0.6) is 0 Å². The monoisotopic (exact) mass is 396 g/mol.